The number of thiazole rings is 1. The van der Waals surface area contributed by atoms with E-state index in [1.54, 1.807) is 12.3 Å². The van der Waals surface area contributed by atoms with Gasteiger partial charge in [-0.1, -0.05) is 12.1 Å². The van der Waals surface area contributed by atoms with Gasteiger partial charge in [-0.25, -0.2) is 9.37 Å². The molecule has 0 radical (unpaired) electrons. The molecule has 3 aromatic rings. The van der Waals surface area contributed by atoms with Crippen LogP contribution in [0, 0.1) is 12.7 Å². The normalized spacial score (nSPS) is 10.5. The highest BCUT2D eigenvalue weighted by atomic mass is 32.1. The van der Waals surface area contributed by atoms with E-state index >= 15 is 0 Å². The highest BCUT2D eigenvalue weighted by Gasteiger charge is 2.09. The standard InChI is InChI=1S/C15H12FN3S/c1-10-3-2-4-11(7-10)18-15-19-14(9-20-15)12-5-6-17-8-13(12)16/h2-9H,1H3,(H,18,19). The molecule has 0 spiro atoms. The molecule has 0 unspecified atom stereocenters. The molecule has 2 aromatic heterocycles. The summed E-state index contributed by atoms with van der Waals surface area (Å²) < 4.78 is 13.6. The van der Waals surface area contributed by atoms with Gasteiger partial charge in [0.05, 0.1) is 11.9 Å². The number of nitrogens with zero attached hydrogens (tertiary/aromatic N) is 2. The Hall–Kier alpha value is -2.27. The van der Waals surface area contributed by atoms with Gasteiger partial charge in [0.1, 0.15) is 0 Å². The number of anilines is 2. The van der Waals surface area contributed by atoms with Gasteiger partial charge in [0.2, 0.25) is 0 Å². The van der Waals surface area contributed by atoms with Gasteiger partial charge >= 0.3 is 0 Å². The van der Waals surface area contributed by atoms with Gasteiger partial charge < -0.3 is 5.32 Å². The number of hydrogen-bond donors (Lipinski definition) is 1. The van der Waals surface area contributed by atoms with Gasteiger partial charge in [0.15, 0.2) is 10.9 Å². The molecule has 0 fully saturated rings. The molecule has 0 aliphatic carbocycles. The number of aromatic nitrogens is 2. The summed E-state index contributed by atoms with van der Waals surface area (Å²) in [4.78, 5) is 8.15. The number of benzene rings is 1. The molecule has 0 aliphatic rings. The van der Waals surface area contributed by atoms with E-state index in [-0.39, 0.29) is 5.82 Å². The van der Waals surface area contributed by atoms with E-state index in [0.717, 1.165) is 10.8 Å². The molecular weight excluding hydrogens is 273 g/mol. The molecule has 0 saturated heterocycles. The van der Waals surface area contributed by atoms with Crippen LogP contribution in [0.15, 0.2) is 48.1 Å². The van der Waals surface area contributed by atoms with Crippen LogP contribution in [0.3, 0.4) is 0 Å². The first-order valence-corrected chi connectivity index (χ1v) is 6.99. The van der Waals surface area contributed by atoms with E-state index < -0.39 is 0 Å². The van der Waals surface area contributed by atoms with Crippen LogP contribution in [0.1, 0.15) is 5.56 Å². The number of rotatable bonds is 3. The summed E-state index contributed by atoms with van der Waals surface area (Å²) in [7, 11) is 0. The zero-order valence-corrected chi connectivity index (χ0v) is 11.6. The monoisotopic (exact) mass is 285 g/mol. The molecule has 0 bridgehead atoms. The molecule has 1 N–H and O–H groups in total. The molecule has 100 valence electrons. The largest absolute Gasteiger partial charge is 0.332 e. The Kier molecular flexibility index (Phi) is 3.43. The Bertz CT molecular complexity index is 739. The van der Waals surface area contributed by atoms with Gasteiger partial charge in [-0.05, 0) is 30.7 Å². The molecule has 0 atom stereocenters. The Morgan fingerprint density at radius 2 is 2.15 bits per heavy atom. The minimum absolute atomic E-state index is 0.361. The van der Waals surface area contributed by atoms with Crippen molar-refractivity contribution in [3.63, 3.8) is 0 Å². The van der Waals surface area contributed by atoms with E-state index in [1.165, 1.54) is 23.1 Å². The summed E-state index contributed by atoms with van der Waals surface area (Å²) >= 11 is 1.44. The van der Waals surface area contributed by atoms with Crippen LogP contribution in [0.2, 0.25) is 0 Å². The van der Waals surface area contributed by atoms with E-state index in [0.29, 0.717) is 11.3 Å². The lowest BCUT2D eigenvalue weighted by atomic mass is 10.2. The highest BCUT2D eigenvalue weighted by Crippen LogP contribution is 2.28. The average Bonchev–Trinajstić information content (AvgIpc) is 2.87. The second-order valence-corrected chi connectivity index (χ2v) is 5.25. The fourth-order valence-electron chi connectivity index (χ4n) is 1.88. The lowest BCUT2D eigenvalue weighted by Gasteiger charge is -2.03. The zero-order valence-electron chi connectivity index (χ0n) is 10.8. The van der Waals surface area contributed by atoms with Crippen LogP contribution in [0.4, 0.5) is 15.2 Å². The Labute approximate surface area is 120 Å². The first-order chi connectivity index (χ1) is 9.72. The Morgan fingerprint density at radius 1 is 1.25 bits per heavy atom. The SMILES string of the molecule is Cc1cccc(Nc2nc(-c3ccncc3F)cs2)c1. The predicted octanol–water partition coefficient (Wildman–Crippen LogP) is 4.40. The second-order valence-electron chi connectivity index (χ2n) is 4.39. The van der Waals surface area contributed by atoms with Gasteiger partial charge in [0, 0.05) is 22.8 Å². The van der Waals surface area contributed by atoms with Crippen LogP contribution < -0.4 is 5.32 Å². The molecule has 0 amide bonds. The third-order valence-electron chi connectivity index (χ3n) is 2.82. The molecule has 5 heteroatoms. The van der Waals surface area contributed by atoms with E-state index in [4.69, 9.17) is 0 Å². The first kappa shape index (κ1) is 12.7. The summed E-state index contributed by atoms with van der Waals surface area (Å²) in [6, 6.07) is 9.65. The number of aryl methyl sites for hydroxylation is 1. The van der Waals surface area contributed by atoms with Crippen LogP contribution in [-0.2, 0) is 0 Å². The van der Waals surface area contributed by atoms with E-state index in [2.05, 4.69) is 15.3 Å². The van der Waals surface area contributed by atoms with Crippen molar-refractivity contribution in [2.75, 3.05) is 5.32 Å². The topological polar surface area (TPSA) is 37.8 Å². The van der Waals surface area contributed by atoms with Gasteiger partial charge in [0.25, 0.3) is 0 Å². The maximum Gasteiger partial charge on any atom is 0.187 e. The zero-order chi connectivity index (χ0) is 13.9. The summed E-state index contributed by atoms with van der Waals surface area (Å²) in [6.07, 6.45) is 2.76. The lowest BCUT2D eigenvalue weighted by Crippen LogP contribution is -1.90. The summed E-state index contributed by atoms with van der Waals surface area (Å²) in [5, 5.41) is 5.79. The number of hydrogen-bond acceptors (Lipinski definition) is 4. The lowest BCUT2D eigenvalue weighted by molar-refractivity contribution is 0.624. The smallest absolute Gasteiger partial charge is 0.187 e. The maximum atomic E-state index is 13.6. The molecule has 2 heterocycles. The van der Waals surface area contributed by atoms with Crippen molar-refractivity contribution in [2.45, 2.75) is 6.92 Å². The minimum atomic E-state index is -0.361. The molecule has 0 saturated carbocycles. The number of pyridine rings is 1. The van der Waals surface area contributed by atoms with Gasteiger partial charge in [-0.15, -0.1) is 11.3 Å². The quantitative estimate of drug-likeness (QED) is 0.775. The van der Waals surface area contributed by atoms with Crippen LogP contribution in [0.25, 0.3) is 11.3 Å². The third-order valence-corrected chi connectivity index (χ3v) is 3.58. The minimum Gasteiger partial charge on any atom is -0.332 e. The molecule has 20 heavy (non-hydrogen) atoms. The van der Waals surface area contributed by atoms with Crippen molar-refractivity contribution in [1.82, 2.24) is 9.97 Å². The molecule has 1 aromatic carbocycles. The van der Waals surface area contributed by atoms with E-state index in [1.807, 2.05) is 36.6 Å². The fraction of sp³-hybridized carbons (Fsp3) is 0.0667. The fourth-order valence-corrected chi connectivity index (χ4v) is 2.61. The van der Waals surface area contributed by atoms with Crippen LogP contribution in [0.5, 0.6) is 0 Å². The number of nitrogens with one attached hydrogen (secondary N) is 1. The second kappa shape index (κ2) is 5.38. The van der Waals surface area contributed by atoms with Crippen molar-refractivity contribution in [3.8, 4) is 11.3 Å². The molecule has 3 rings (SSSR count). The van der Waals surface area contributed by atoms with Crippen molar-refractivity contribution < 1.29 is 4.39 Å². The van der Waals surface area contributed by atoms with Gasteiger partial charge in [-0.3, -0.25) is 4.98 Å². The highest BCUT2D eigenvalue weighted by molar-refractivity contribution is 7.14. The Morgan fingerprint density at radius 3 is 2.95 bits per heavy atom. The van der Waals surface area contributed by atoms with Crippen molar-refractivity contribution >= 4 is 22.2 Å². The van der Waals surface area contributed by atoms with Gasteiger partial charge in [-0.2, -0.15) is 0 Å². The van der Waals surface area contributed by atoms with Crippen LogP contribution in [-0.4, -0.2) is 9.97 Å². The van der Waals surface area contributed by atoms with Crippen molar-refractivity contribution in [3.05, 3.63) is 59.5 Å². The predicted molar refractivity (Wildman–Crippen MR) is 79.8 cm³/mol. The number of halogens is 1. The average molecular weight is 285 g/mol. The van der Waals surface area contributed by atoms with Crippen molar-refractivity contribution in [1.29, 1.82) is 0 Å². The van der Waals surface area contributed by atoms with E-state index in [9.17, 15) is 4.39 Å². The third kappa shape index (κ3) is 2.67. The molecule has 0 aliphatic heterocycles. The van der Waals surface area contributed by atoms with Crippen molar-refractivity contribution in [2.24, 2.45) is 0 Å². The summed E-state index contributed by atoms with van der Waals surface area (Å²) in [5.41, 5.74) is 3.23. The first-order valence-electron chi connectivity index (χ1n) is 6.11. The summed E-state index contributed by atoms with van der Waals surface area (Å²) in [5.74, 6) is -0.361. The summed E-state index contributed by atoms with van der Waals surface area (Å²) in [6.45, 7) is 2.03. The Balaban J connectivity index is 1.86. The molecule has 3 nitrogen and oxygen atoms in total. The van der Waals surface area contributed by atoms with Crippen LogP contribution >= 0.6 is 11.3 Å². The molecular formula is C15H12FN3S. The maximum absolute atomic E-state index is 13.6.